The van der Waals surface area contributed by atoms with Gasteiger partial charge in [-0.05, 0) is 45.4 Å². The van der Waals surface area contributed by atoms with Crippen LogP contribution in [-0.4, -0.2) is 52.8 Å². The molecule has 5 nitrogen and oxygen atoms in total. The van der Waals surface area contributed by atoms with Crippen LogP contribution in [0.5, 0.6) is 0 Å². The van der Waals surface area contributed by atoms with Crippen molar-refractivity contribution in [3.05, 3.63) is 6.07 Å². The summed E-state index contributed by atoms with van der Waals surface area (Å²) in [5, 5.41) is 7.75. The molecule has 2 unspecified atom stereocenters. The molecular formula is C15H25N5S. The van der Waals surface area contributed by atoms with Crippen LogP contribution in [-0.2, 0) is 0 Å². The van der Waals surface area contributed by atoms with Gasteiger partial charge in [0.25, 0.3) is 0 Å². The van der Waals surface area contributed by atoms with Crippen LogP contribution in [0, 0.1) is 0 Å². The van der Waals surface area contributed by atoms with Gasteiger partial charge in [0, 0.05) is 31.2 Å². The number of anilines is 2. The number of nitrogens with zero attached hydrogens (tertiary/aromatic N) is 3. The van der Waals surface area contributed by atoms with Crippen LogP contribution in [0.15, 0.2) is 11.2 Å². The summed E-state index contributed by atoms with van der Waals surface area (Å²) in [5.41, 5.74) is 0. The van der Waals surface area contributed by atoms with Crippen molar-refractivity contribution < 1.29 is 0 Å². The summed E-state index contributed by atoms with van der Waals surface area (Å²) in [6, 6.07) is 3.36. The Kier molecular flexibility index (Phi) is 4.85. The van der Waals surface area contributed by atoms with Crippen molar-refractivity contribution in [1.82, 2.24) is 14.9 Å². The Balaban J connectivity index is 1.67. The molecular weight excluding hydrogens is 282 g/mol. The maximum atomic E-state index is 4.60. The van der Waals surface area contributed by atoms with Crippen LogP contribution < -0.4 is 10.6 Å². The lowest BCUT2D eigenvalue weighted by molar-refractivity contribution is 0.188. The highest BCUT2D eigenvalue weighted by molar-refractivity contribution is 7.98. The third-order valence-electron chi connectivity index (χ3n) is 4.42. The molecule has 1 aromatic rings. The Hall–Kier alpha value is -1.01. The lowest BCUT2D eigenvalue weighted by atomic mass is 9.97. The number of aromatic nitrogens is 2. The Labute approximate surface area is 131 Å². The maximum absolute atomic E-state index is 4.60. The van der Waals surface area contributed by atoms with Crippen LogP contribution in [0.25, 0.3) is 0 Å². The molecule has 3 heterocycles. The van der Waals surface area contributed by atoms with E-state index in [9.17, 15) is 0 Å². The minimum atomic E-state index is 0.545. The van der Waals surface area contributed by atoms with Crippen LogP contribution >= 0.6 is 11.8 Å². The molecule has 116 valence electrons. The molecule has 2 N–H and O–H groups in total. The van der Waals surface area contributed by atoms with E-state index in [1.54, 1.807) is 11.8 Å². The highest BCUT2D eigenvalue weighted by Gasteiger charge is 2.31. The molecule has 2 aliphatic rings. The van der Waals surface area contributed by atoms with Gasteiger partial charge >= 0.3 is 0 Å². The van der Waals surface area contributed by atoms with Gasteiger partial charge in [-0.1, -0.05) is 11.8 Å². The van der Waals surface area contributed by atoms with Crippen molar-refractivity contribution in [3.63, 3.8) is 0 Å². The van der Waals surface area contributed by atoms with Crippen molar-refractivity contribution in [1.29, 1.82) is 0 Å². The highest BCUT2D eigenvalue weighted by atomic mass is 32.2. The summed E-state index contributed by atoms with van der Waals surface area (Å²) in [5.74, 6) is 1.87. The SMILES string of the molecule is CCNc1cc(NC2CCN3CCCC3C2)nc(SC)n1. The average Bonchev–Trinajstić information content (AvgIpc) is 2.95. The molecule has 0 saturated carbocycles. The normalized spacial score (nSPS) is 25.6. The van der Waals surface area contributed by atoms with E-state index in [0.29, 0.717) is 6.04 Å². The lowest BCUT2D eigenvalue weighted by Crippen LogP contribution is -2.42. The molecule has 2 aliphatic heterocycles. The fourth-order valence-electron chi connectivity index (χ4n) is 3.43. The fraction of sp³-hybridized carbons (Fsp3) is 0.733. The van der Waals surface area contributed by atoms with Gasteiger partial charge in [0.15, 0.2) is 5.16 Å². The zero-order chi connectivity index (χ0) is 14.7. The largest absolute Gasteiger partial charge is 0.370 e. The molecule has 0 radical (unpaired) electrons. The van der Waals surface area contributed by atoms with Gasteiger partial charge in [-0.2, -0.15) is 0 Å². The lowest BCUT2D eigenvalue weighted by Gasteiger charge is -2.35. The number of fused-ring (bicyclic) bond motifs is 1. The van der Waals surface area contributed by atoms with Crippen molar-refractivity contribution in [3.8, 4) is 0 Å². The van der Waals surface area contributed by atoms with Gasteiger partial charge in [0.1, 0.15) is 11.6 Å². The Bertz CT molecular complexity index is 481. The van der Waals surface area contributed by atoms with E-state index in [-0.39, 0.29) is 0 Å². The van der Waals surface area contributed by atoms with Crippen molar-refractivity contribution in [2.24, 2.45) is 0 Å². The third-order valence-corrected chi connectivity index (χ3v) is 4.97. The number of hydrogen-bond donors (Lipinski definition) is 2. The number of piperidine rings is 1. The molecule has 0 aromatic carbocycles. The molecule has 3 rings (SSSR count). The molecule has 2 atom stereocenters. The number of hydrogen-bond acceptors (Lipinski definition) is 6. The smallest absolute Gasteiger partial charge is 0.191 e. The second-order valence-corrected chi connectivity index (χ2v) is 6.63. The Morgan fingerprint density at radius 1 is 1.29 bits per heavy atom. The highest BCUT2D eigenvalue weighted by Crippen LogP contribution is 2.28. The van der Waals surface area contributed by atoms with Gasteiger partial charge in [-0.15, -0.1) is 0 Å². The standard InChI is InChI=1S/C15H25N5S/c1-3-16-13-10-14(19-15(18-13)21-2)17-11-6-8-20-7-4-5-12(20)9-11/h10-12H,3-9H2,1-2H3,(H2,16,17,18,19). The van der Waals surface area contributed by atoms with Crippen LogP contribution in [0.3, 0.4) is 0 Å². The Morgan fingerprint density at radius 2 is 2.14 bits per heavy atom. The minimum Gasteiger partial charge on any atom is -0.370 e. The first kappa shape index (κ1) is 14.9. The van der Waals surface area contributed by atoms with E-state index in [1.807, 2.05) is 12.3 Å². The second kappa shape index (κ2) is 6.83. The quantitative estimate of drug-likeness (QED) is 0.644. The van der Waals surface area contributed by atoms with Crippen LogP contribution in [0.4, 0.5) is 11.6 Å². The molecule has 1 aromatic heterocycles. The summed E-state index contributed by atoms with van der Waals surface area (Å²) in [7, 11) is 0. The first-order valence-corrected chi connectivity index (χ1v) is 9.18. The van der Waals surface area contributed by atoms with Crippen molar-refractivity contribution in [2.45, 2.75) is 49.8 Å². The maximum Gasteiger partial charge on any atom is 0.191 e. The molecule has 6 heteroatoms. The summed E-state index contributed by atoms with van der Waals surface area (Å²) in [4.78, 5) is 11.7. The van der Waals surface area contributed by atoms with Crippen molar-refractivity contribution in [2.75, 3.05) is 36.5 Å². The molecule has 0 bridgehead atoms. The first-order chi connectivity index (χ1) is 10.3. The van der Waals surface area contributed by atoms with Gasteiger partial charge in [-0.25, -0.2) is 9.97 Å². The van der Waals surface area contributed by atoms with E-state index in [4.69, 9.17) is 0 Å². The monoisotopic (exact) mass is 307 g/mol. The van der Waals surface area contributed by atoms with Gasteiger partial charge in [0.2, 0.25) is 0 Å². The predicted octanol–water partition coefficient (Wildman–Crippen LogP) is 2.67. The predicted molar refractivity (Wildman–Crippen MR) is 89.2 cm³/mol. The summed E-state index contributed by atoms with van der Waals surface area (Å²) >= 11 is 1.59. The average molecular weight is 307 g/mol. The second-order valence-electron chi connectivity index (χ2n) is 5.85. The Morgan fingerprint density at radius 3 is 2.95 bits per heavy atom. The topological polar surface area (TPSA) is 53.1 Å². The molecule has 2 saturated heterocycles. The number of nitrogens with one attached hydrogen (secondary N) is 2. The first-order valence-electron chi connectivity index (χ1n) is 7.96. The third kappa shape index (κ3) is 3.61. The van der Waals surface area contributed by atoms with E-state index < -0.39 is 0 Å². The summed E-state index contributed by atoms with van der Waals surface area (Å²) in [6.45, 7) is 5.49. The van der Waals surface area contributed by atoms with E-state index in [2.05, 4.69) is 32.4 Å². The molecule has 0 spiro atoms. The molecule has 0 aliphatic carbocycles. The zero-order valence-corrected chi connectivity index (χ0v) is 13.7. The van der Waals surface area contributed by atoms with Crippen LogP contribution in [0.1, 0.15) is 32.6 Å². The summed E-state index contributed by atoms with van der Waals surface area (Å²) < 4.78 is 0. The number of rotatable bonds is 5. The van der Waals surface area contributed by atoms with Gasteiger partial charge in [-0.3, -0.25) is 0 Å². The van der Waals surface area contributed by atoms with E-state index >= 15 is 0 Å². The zero-order valence-electron chi connectivity index (χ0n) is 12.9. The summed E-state index contributed by atoms with van der Waals surface area (Å²) in [6.07, 6.45) is 7.21. The molecule has 0 amide bonds. The van der Waals surface area contributed by atoms with Crippen molar-refractivity contribution >= 4 is 23.4 Å². The van der Waals surface area contributed by atoms with E-state index in [1.165, 1.54) is 38.8 Å². The van der Waals surface area contributed by atoms with E-state index in [0.717, 1.165) is 29.4 Å². The van der Waals surface area contributed by atoms with Gasteiger partial charge < -0.3 is 15.5 Å². The van der Waals surface area contributed by atoms with Gasteiger partial charge in [0.05, 0.1) is 0 Å². The molecule has 21 heavy (non-hydrogen) atoms. The number of thioether (sulfide) groups is 1. The minimum absolute atomic E-state index is 0.545. The van der Waals surface area contributed by atoms with Crippen LogP contribution in [0.2, 0.25) is 0 Å². The molecule has 2 fully saturated rings. The fourth-order valence-corrected chi connectivity index (χ4v) is 3.81.